The zero-order chi connectivity index (χ0) is 12.3. The zero-order valence-electron chi connectivity index (χ0n) is 8.72. The van der Waals surface area contributed by atoms with Gasteiger partial charge in [-0.3, -0.25) is 0 Å². The van der Waals surface area contributed by atoms with E-state index in [0.29, 0.717) is 15.7 Å². The smallest absolute Gasteiger partial charge is 0.346 e. The molecule has 2 rings (SSSR count). The molecule has 5 heteroatoms. The van der Waals surface area contributed by atoms with Crippen LogP contribution in [0.15, 0.2) is 40.6 Å². The van der Waals surface area contributed by atoms with Crippen LogP contribution in [-0.4, -0.2) is 11.1 Å². The van der Waals surface area contributed by atoms with Crippen LogP contribution in [0.4, 0.5) is 0 Å². The third-order valence-electron chi connectivity index (χ3n) is 2.15. The van der Waals surface area contributed by atoms with Crippen molar-refractivity contribution < 1.29 is 9.90 Å². The first kappa shape index (κ1) is 12.5. The monoisotopic (exact) mass is 284 g/mol. The molecule has 0 bridgehead atoms. The molecule has 1 heterocycles. The van der Waals surface area contributed by atoms with E-state index in [4.69, 9.17) is 16.7 Å². The van der Waals surface area contributed by atoms with Crippen molar-refractivity contribution >= 4 is 40.7 Å². The van der Waals surface area contributed by atoms with Crippen molar-refractivity contribution in [1.82, 2.24) is 0 Å². The van der Waals surface area contributed by atoms with E-state index < -0.39 is 5.97 Å². The van der Waals surface area contributed by atoms with Crippen molar-refractivity contribution in [2.45, 2.75) is 10.6 Å². The van der Waals surface area contributed by atoms with Gasteiger partial charge in [0.25, 0.3) is 0 Å². The summed E-state index contributed by atoms with van der Waals surface area (Å²) in [4.78, 5) is 12.4. The average Bonchev–Trinajstić information content (AvgIpc) is 2.76. The maximum absolute atomic E-state index is 10.9. The number of rotatable bonds is 4. The lowest BCUT2D eigenvalue weighted by atomic mass is 10.3. The van der Waals surface area contributed by atoms with Crippen molar-refractivity contribution in [2.75, 3.05) is 0 Å². The summed E-state index contributed by atoms with van der Waals surface area (Å²) in [5, 5.41) is 11.5. The Morgan fingerprint density at radius 2 is 2.00 bits per heavy atom. The van der Waals surface area contributed by atoms with Crippen LogP contribution in [0, 0.1) is 0 Å². The number of benzene rings is 1. The number of aromatic carboxylic acids is 1. The lowest BCUT2D eigenvalue weighted by Gasteiger charge is -2.01. The molecule has 0 atom stereocenters. The van der Waals surface area contributed by atoms with E-state index in [1.807, 2.05) is 30.3 Å². The maximum atomic E-state index is 10.9. The Bertz CT molecular complexity index is 520. The van der Waals surface area contributed by atoms with Gasteiger partial charge in [-0.2, -0.15) is 0 Å². The van der Waals surface area contributed by atoms with E-state index in [2.05, 4.69) is 0 Å². The Morgan fingerprint density at radius 1 is 1.29 bits per heavy atom. The summed E-state index contributed by atoms with van der Waals surface area (Å²) in [6, 6.07) is 9.38. The van der Waals surface area contributed by atoms with Crippen LogP contribution in [-0.2, 0) is 5.75 Å². The van der Waals surface area contributed by atoms with Crippen molar-refractivity contribution in [2.24, 2.45) is 0 Å². The molecular formula is C12H9ClO2S2. The number of carboxylic acids is 1. The van der Waals surface area contributed by atoms with E-state index in [-0.39, 0.29) is 0 Å². The molecule has 0 aliphatic heterocycles. The third-order valence-corrected chi connectivity index (χ3v) is 4.41. The van der Waals surface area contributed by atoms with Gasteiger partial charge in [-0.15, -0.1) is 23.1 Å². The molecule has 0 spiro atoms. The van der Waals surface area contributed by atoms with Crippen LogP contribution in [0.3, 0.4) is 0 Å². The Kier molecular flexibility index (Phi) is 4.10. The molecule has 0 aliphatic carbocycles. The summed E-state index contributed by atoms with van der Waals surface area (Å²) in [6.07, 6.45) is 0. The highest BCUT2D eigenvalue weighted by atomic mass is 35.5. The fraction of sp³-hybridized carbons (Fsp3) is 0.0833. The third kappa shape index (κ3) is 3.25. The fourth-order valence-corrected chi connectivity index (χ4v) is 3.20. The van der Waals surface area contributed by atoms with E-state index in [9.17, 15) is 4.79 Å². The molecule has 0 amide bonds. The Labute approximate surface area is 112 Å². The number of thiophene rings is 1. The second-order valence-corrected chi connectivity index (χ2v) is 5.72. The topological polar surface area (TPSA) is 37.3 Å². The number of carbonyl (C=O) groups is 1. The van der Waals surface area contributed by atoms with Gasteiger partial charge < -0.3 is 5.11 Å². The van der Waals surface area contributed by atoms with Gasteiger partial charge in [-0.05, 0) is 41.3 Å². The van der Waals surface area contributed by atoms with Crippen LogP contribution in [0.5, 0.6) is 0 Å². The highest BCUT2D eigenvalue weighted by Crippen LogP contribution is 2.27. The summed E-state index contributed by atoms with van der Waals surface area (Å²) in [5.41, 5.74) is 0.863. The molecule has 2 aromatic rings. The van der Waals surface area contributed by atoms with Crippen LogP contribution < -0.4 is 0 Å². The first-order chi connectivity index (χ1) is 8.16. The lowest BCUT2D eigenvalue weighted by Crippen LogP contribution is -1.96. The van der Waals surface area contributed by atoms with Crippen LogP contribution in [0.2, 0.25) is 5.02 Å². The maximum Gasteiger partial charge on any atom is 0.346 e. The first-order valence-electron chi connectivity index (χ1n) is 4.85. The first-order valence-corrected chi connectivity index (χ1v) is 7.09. The molecule has 0 fully saturated rings. The van der Waals surface area contributed by atoms with Crippen LogP contribution >= 0.6 is 34.7 Å². The second-order valence-electron chi connectivity index (χ2n) is 3.32. The van der Waals surface area contributed by atoms with Crippen molar-refractivity contribution in [3.05, 3.63) is 51.2 Å². The highest BCUT2D eigenvalue weighted by Gasteiger charge is 2.11. The van der Waals surface area contributed by atoms with Gasteiger partial charge in [0, 0.05) is 15.7 Å². The predicted octanol–water partition coefficient (Wildman–Crippen LogP) is 4.39. The molecule has 0 saturated heterocycles. The van der Waals surface area contributed by atoms with Crippen molar-refractivity contribution in [1.29, 1.82) is 0 Å². The van der Waals surface area contributed by atoms with E-state index in [1.54, 1.807) is 17.1 Å². The van der Waals surface area contributed by atoms with E-state index in [0.717, 1.165) is 10.5 Å². The highest BCUT2D eigenvalue weighted by molar-refractivity contribution is 7.98. The van der Waals surface area contributed by atoms with Gasteiger partial charge in [0.1, 0.15) is 4.88 Å². The second kappa shape index (κ2) is 5.58. The van der Waals surface area contributed by atoms with Gasteiger partial charge in [0.2, 0.25) is 0 Å². The summed E-state index contributed by atoms with van der Waals surface area (Å²) in [7, 11) is 0. The summed E-state index contributed by atoms with van der Waals surface area (Å²) >= 11 is 8.66. The molecule has 17 heavy (non-hydrogen) atoms. The minimum absolute atomic E-state index is 0.423. The Balaban J connectivity index is 2.05. The van der Waals surface area contributed by atoms with E-state index >= 15 is 0 Å². The molecular weight excluding hydrogens is 276 g/mol. The number of halogens is 1. The minimum atomic E-state index is -0.855. The summed E-state index contributed by atoms with van der Waals surface area (Å²) in [6.45, 7) is 0. The van der Waals surface area contributed by atoms with E-state index in [1.165, 1.54) is 11.3 Å². The molecule has 2 nitrogen and oxygen atoms in total. The number of hydrogen-bond acceptors (Lipinski definition) is 3. The van der Waals surface area contributed by atoms with Gasteiger partial charge in [0.15, 0.2) is 0 Å². The molecule has 1 aromatic heterocycles. The molecule has 1 aromatic carbocycles. The Hall–Kier alpha value is -0.970. The Morgan fingerprint density at radius 3 is 2.65 bits per heavy atom. The molecule has 1 N–H and O–H groups in total. The lowest BCUT2D eigenvalue weighted by molar-refractivity contribution is 0.0701. The number of thioether (sulfide) groups is 1. The molecule has 0 saturated carbocycles. The zero-order valence-corrected chi connectivity index (χ0v) is 11.1. The average molecular weight is 285 g/mol. The largest absolute Gasteiger partial charge is 0.477 e. The molecule has 0 unspecified atom stereocenters. The van der Waals surface area contributed by atoms with Crippen LogP contribution in [0.25, 0.3) is 0 Å². The van der Waals surface area contributed by atoms with Crippen LogP contribution in [0.1, 0.15) is 15.2 Å². The summed E-state index contributed by atoms with van der Waals surface area (Å²) < 4.78 is 0. The van der Waals surface area contributed by atoms with Gasteiger partial charge >= 0.3 is 5.97 Å². The minimum Gasteiger partial charge on any atom is -0.477 e. The molecule has 0 aliphatic rings. The SMILES string of the molecule is O=C(O)c1sccc1CSc1ccc(Cl)cc1. The predicted molar refractivity (Wildman–Crippen MR) is 72.3 cm³/mol. The van der Waals surface area contributed by atoms with Crippen molar-refractivity contribution in [3.8, 4) is 0 Å². The molecule has 88 valence electrons. The summed E-state index contributed by atoms with van der Waals surface area (Å²) in [5.74, 6) is -0.195. The number of carboxylic acid groups (broad SMARTS) is 1. The number of hydrogen-bond donors (Lipinski definition) is 1. The normalized spacial score (nSPS) is 10.4. The van der Waals surface area contributed by atoms with Gasteiger partial charge in [-0.1, -0.05) is 11.6 Å². The van der Waals surface area contributed by atoms with Crippen molar-refractivity contribution in [3.63, 3.8) is 0 Å². The molecule has 0 radical (unpaired) electrons. The standard InChI is InChI=1S/C12H9ClO2S2/c13-9-1-3-10(4-2-9)17-7-8-5-6-16-11(8)12(14)15/h1-6H,7H2,(H,14,15). The quantitative estimate of drug-likeness (QED) is 0.846. The van der Waals surface area contributed by atoms with Gasteiger partial charge in [-0.25, -0.2) is 4.79 Å². The fourth-order valence-electron chi connectivity index (χ4n) is 1.33. The van der Waals surface area contributed by atoms with Gasteiger partial charge in [0.05, 0.1) is 0 Å².